The zero-order valence-corrected chi connectivity index (χ0v) is 7.93. The quantitative estimate of drug-likeness (QED) is 0.510. The molecule has 1 unspecified atom stereocenters. The zero-order chi connectivity index (χ0) is 10.9. The lowest BCUT2D eigenvalue weighted by atomic mass is 9.95. The molecule has 1 fully saturated rings. The fourth-order valence-electron chi connectivity index (χ4n) is 1.44. The van der Waals surface area contributed by atoms with E-state index >= 15 is 0 Å². The van der Waals surface area contributed by atoms with Crippen LogP contribution in [0.4, 0.5) is 0 Å². The van der Waals surface area contributed by atoms with Crippen molar-refractivity contribution in [3.05, 3.63) is 0 Å². The molecule has 6 heteroatoms. The van der Waals surface area contributed by atoms with E-state index in [9.17, 15) is 14.7 Å². The second-order valence-corrected chi connectivity index (χ2v) is 3.90. The molecule has 4 N–H and O–H groups in total. The molecule has 0 radical (unpaired) electrons. The van der Waals surface area contributed by atoms with Gasteiger partial charge in [-0.1, -0.05) is 0 Å². The summed E-state index contributed by atoms with van der Waals surface area (Å²) in [5.41, 5.74) is 4.51. The molecule has 0 saturated carbocycles. The van der Waals surface area contributed by atoms with Gasteiger partial charge in [-0.25, -0.2) is 0 Å². The molecule has 1 rings (SSSR count). The lowest BCUT2D eigenvalue weighted by Crippen LogP contribution is -2.64. The predicted molar refractivity (Wildman–Crippen MR) is 47.4 cm³/mol. The average Bonchev–Trinajstić information content (AvgIpc) is 1.97. The van der Waals surface area contributed by atoms with E-state index in [2.05, 4.69) is 0 Å². The summed E-state index contributed by atoms with van der Waals surface area (Å²) in [6, 6.07) is -1.01. The lowest BCUT2D eigenvalue weighted by Gasteiger charge is -2.44. The van der Waals surface area contributed by atoms with Crippen LogP contribution >= 0.6 is 0 Å². The number of aliphatic hydroxyl groups is 1. The molecule has 6 nitrogen and oxygen atoms in total. The molecule has 0 spiro atoms. The van der Waals surface area contributed by atoms with Crippen LogP contribution in [0.3, 0.4) is 0 Å². The third kappa shape index (κ3) is 2.43. The maximum Gasteiger partial charge on any atom is 0.305 e. The molecule has 1 amide bonds. The molecule has 0 aromatic heterocycles. The molecular weight excluding hydrogens is 188 g/mol. The average molecular weight is 202 g/mol. The van der Waals surface area contributed by atoms with Gasteiger partial charge in [0.2, 0.25) is 5.91 Å². The van der Waals surface area contributed by atoms with Crippen LogP contribution in [-0.4, -0.2) is 51.7 Å². The van der Waals surface area contributed by atoms with Crippen LogP contribution in [0.2, 0.25) is 0 Å². The normalized spacial score (nSPS) is 21.2. The third-order valence-corrected chi connectivity index (χ3v) is 2.09. The molecule has 1 heterocycles. The van der Waals surface area contributed by atoms with Crippen molar-refractivity contribution in [2.45, 2.75) is 25.0 Å². The number of nitrogens with zero attached hydrogens (tertiary/aromatic N) is 1. The number of carboxylic acid groups (broad SMARTS) is 1. The molecule has 0 aromatic rings. The van der Waals surface area contributed by atoms with Crippen LogP contribution in [0.25, 0.3) is 0 Å². The van der Waals surface area contributed by atoms with E-state index in [1.807, 2.05) is 0 Å². The highest BCUT2D eigenvalue weighted by Gasteiger charge is 2.41. The number of rotatable bonds is 3. The highest BCUT2D eigenvalue weighted by molar-refractivity contribution is 5.86. The van der Waals surface area contributed by atoms with Gasteiger partial charge in [-0.15, -0.1) is 0 Å². The number of nitrogens with two attached hydrogens (primary N) is 1. The summed E-state index contributed by atoms with van der Waals surface area (Å²) in [6.45, 7) is 2.05. The Morgan fingerprint density at radius 3 is 2.43 bits per heavy atom. The first kappa shape index (κ1) is 10.9. The Kier molecular flexibility index (Phi) is 2.77. The second-order valence-electron chi connectivity index (χ2n) is 3.90. The van der Waals surface area contributed by atoms with Gasteiger partial charge in [0.05, 0.1) is 31.2 Å². The summed E-state index contributed by atoms with van der Waals surface area (Å²) in [5.74, 6) is -1.52. The van der Waals surface area contributed by atoms with Crippen molar-refractivity contribution in [2.24, 2.45) is 5.73 Å². The van der Waals surface area contributed by atoms with Crippen LogP contribution in [0.5, 0.6) is 0 Å². The second kappa shape index (κ2) is 3.55. The van der Waals surface area contributed by atoms with Gasteiger partial charge < -0.3 is 20.8 Å². The Balaban J connectivity index is 2.40. The summed E-state index contributed by atoms with van der Waals surface area (Å²) in [7, 11) is 0. The Labute approximate surface area is 81.3 Å². The predicted octanol–water partition coefficient (Wildman–Crippen LogP) is -1.62. The van der Waals surface area contributed by atoms with Crippen LogP contribution in [0, 0.1) is 0 Å². The topological polar surface area (TPSA) is 104 Å². The number of carbonyl (C=O) groups is 2. The number of hydrogen-bond acceptors (Lipinski definition) is 4. The zero-order valence-electron chi connectivity index (χ0n) is 7.93. The van der Waals surface area contributed by atoms with E-state index in [0.29, 0.717) is 0 Å². The maximum absolute atomic E-state index is 11.4. The summed E-state index contributed by atoms with van der Waals surface area (Å²) < 4.78 is 0. The molecule has 1 atom stereocenters. The van der Waals surface area contributed by atoms with Crippen LogP contribution < -0.4 is 5.73 Å². The first-order valence-corrected chi connectivity index (χ1v) is 4.30. The van der Waals surface area contributed by atoms with Crippen molar-refractivity contribution in [3.63, 3.8) is 0 Å². The van der Waals surface area contributed by atoms with Crippen LogP contribution in [0.1, 0.15) is 13.3 Å². The van der Waals surface area contributed by atoms with Gasteiger partial charge in [0.15, 0.2) is 0 Å². The van der Waals surface area contributed by atoms with Crippen LogP contribution in [-0.2, 0) is 9.59 Å². The number of hydrogen-bond donors (Lipinski definition) is 3. The van der Waals surface area contributed by atoms with E-state index < -0.39 is 23.5 Å². The first-order valence-electron chi connectivity index (χ1n) is 4.30. The van der Waals surface area contributed by atoms with Crippen molar-refractivity contribution in [3.8, 4) is 0 Å². The van der Waals surface area contributed by atoms with Crippen LogP contribution in [0.15, 0.2) is 0 Å². The molecule has 14 heavy (non-hydrogen) atoms. The van der Waals surface area contributed by atoms with Crippen molar-refractivity contribution in [2.75, 3.05) is 13.1 Å². The molecule has 80 valence electrons. The minimum atomic E-state index is -1.10. The highest BCUT2D eigenvalue weighted by atomic mass is 16.4. The molecule has 0 bridgehead atoms. The number of carboxylic acids is 1. The van der Waals surface area contributed by atoms with Crippen molar-refractivity contribution >= 4 is 11.9 Å². The summed E-state index contributed by atoms with van der Waals surface area (Å²) >= 11 is 0. The van der Waals surface area contributed by atoms with E-state index in [4.69, 9.17) is 10.8 Å². The Morgan fingerprint density at radius 1 is 1.57 bits per heavy atom. The molecule has 0 aliphatic carbocycles. The number of β-amino-alcohol motifs (C(OH)–C–C–N with tert-alkyl or cyclic N) is 1. The summed E-state index contributed by atoms with van der Waals surface area (Å²) in [4.78, 5) is 23.0. The minimum absolute atomic E-state index is 0.221. The number of aliphatic carboxylic acids is 1. The largest absolute Gasteiger partial charge is 0.481 e. The van der Waals surface area contributed by atoms with Crippen molar-refractivity contribution in [1.82, 2.24) is 4.90 Å². The van der Waals surface area contributed by atoms with E-state index in [1.165, 1.54) is 4.90 Å². The molecule has 1 aliphatic rings. The van der Waals surface area contributed by atoms with E-state index in [0.717, 1.165) is 0 Å². The van der Waals surface area contributed by atoms with E-state index in [-0.39, 0.29) is 19.5 Å². The monoisotopic (exact) mass is 202 g/mol. The highest BCUT2D eigenvalue weighted by Crippen LogP contribution is 2.20. The van der Waals surface area contributed by atoms with Gasteiger partial charge in [0, 0.05) is 0 Å². The first-order chi connectivity index (χ1) is 6.32. The standard InChI is InChI=1S/C8H14N2O4/c1-8(14)3-10(4-8)7(13)5(9)2-6(11)12/h5,14H,2-4,9H2,1H3,(H,11,12). The Bertz CT molecular complexity index is 256. The van der Waals surface area contributed by atoms with Gasteiger partial charge in [0.1, 0.15) is 0 Å². The SMILES string of the molecule is CC1(O)CN(C(=O)C(N)CC(=O)O)C1. The summed E-state index contributed by atoms with van der Waals surface area (Å²) in [6.07, 6.45) is -0.378. The molecule has 0 aromatic carbocycles. The Hall–Kier alpha value is -1.14. The third-order valence-electron chi connectivity index (χ3n) is 2.09. The molecule has 1 aliphatic heterocycles. The number of amides is 1. The fourth-order valence-corrected chi connectivity index (χ4v) is 1.44. The lowest BCUT2D eigenvalue weighted by molar-refractivity contribution is -0.155. The van der Waals surface area contributed by atoms with E-state index in [1.54, 1.807) is 6.92 Å². The van der Waals surface area contributed by atoms with Gasteiger partial charge in [-0.2, -0.15) is 0 Å². The van der Waals surface area contributed by atoms with Gasteiger partial charge in [-0.3, -0.25) is 9.59 Å². The van der Waals surface area contributed by atoms with Gasteiger partial charge in [-0.05, 0) is 6.92 Å². The van der Waals surface area contributed by atoms with Crippen molar-refractivity contribution in [1.29, 1.82) is 0 Å². The van der Waals surface area contributed by atoms with Crippen molar-refractivity contribution < 1.29 is 19.8 Å². The fraction of sp³-hybridized carbons (Fsp3) is 0.750. The summed E-state index contributed by atoms with van der Waals surface area (Å²) in [5, 5.41) is 17.8. The molecular formula is C8H14N2O4. The molecule has 1 saturated heterocycles. The smallest absolute Gasteiger partial charge is 0.305 e. The van der Waals surface area contributed by atoms with Gasteiger partial charge in [0.25, 0.3) is 0 Å². The van der Waals surface area contributed by atoms with Gasteiger partial charge >= 0.3 is 5.97 Å². The minimum Gasteiger partial charge on any atom is -0.481 e. The number of likely N-dealkylation sites (tertiary alicyclic amines) is 1. The maximum atomic E-state index is 11.4. The Morgan fingerprint density at radius 2 is 2.07 bits per heavy atom. The number of carbonyl (C=O) groups excluding carboxylic acids is 1.